The van der Waals surface area contributed by atoms with Crippen LogP contribution in [0.3, 0.4) is 0 Å². The smallest absolute Gasteiger partial charge is 0.143 e. The quantitative estimate of drug-likeness (QED) is 0.860. The fourth-order valence-electron chi connectivity index (χ4n) is 2.25. The lowest BCUT2D eigenvalue weighted by Crippen LogP contribution is -2.35. The predicted octanol–water partition coefficient (Wildman–Crippen LogP) is 1.56. The number of hydrogen-bond donors (Lipinski definition) is 0. The number of piperidine rings is 1. The van der Waals surface area contributed by atoms with Gasteiger partial charge in [-0.3, -0.25) is 0 Å². The molecule has 0 unspecified atom stereocenters. The normalized spacial score (nSPS) is 16.6. The third-order valence-electron chi connectivity index (χ3n) is 3.42. The van der Waals surface area contributed by atoms with Gasteiger partial charge in [0.05, 0.1) is 5.69 Å². The third-order valence-corrected chi connectivity index (χ3v) is 3.42. The number of nitrogens with zero attached hydrogens (tertiary/aromatic N) is 5. The molecule has 1 aliphatic rings. The summed E-state index contributed by atoms with van der Waals surface area (Å²) >= 11 is 0. The van der Waals surface area contributed by atoms with Crippen LogP contribution >= 0.6 is 12.4 Å². The summed E-state index contributed by atoms with van der Waals surface area (Å²) in [4.78, 5) is 2.33. The van der Waals surface area contributed by atoms with E-state index in [0.29, 0.717) is 6.10 Å². The number of rotatable bonds is 3. The summed E-state index contributed by atoms with van der Waals surface area (Å²) < 4.78 is 7.61. The van der Waals surface area contributed by atoms with Crippen molar-refractivity contribution in [2.24, 2.45) is 0 Å². The number of hydrogen-bond acceptors (Lipinski definition) is 5. The first-order valence-corrected chi connectivity index (χ1v) is 6.50. The van der Waals surface area contributed by atoms with Crippen molar-refractivity contribution in [1.29, 1.82) is 0 Å². The molecule has 1 fully saturated rings. The van der Waals surface area contributed by atoms with E-state index >= 15 is 0 Å². The Hall–Kier alpha value is -1.66. The lowest BCUT2D eigenvalue weighted by molar-refractivity contribution is 0.114. The van der Waals surface area contributed by atoms with Gasteiger partial charge in [0.2, 0.25) is 0 Å². The Balaban J connectivity index is 0.00000147. The second-order valence-electron chi connectivity index (χ2n) is 4.87. The number of likely N-dealkylation sites (tertiary alicyclic amines) is 1. The Morgan fingerprint density at radius 1 is 1.15 bits per heavy atom. The molecule has 0 atom stereocenters. The molecule has 7 heteroatoms. The summed E-state index contributed by atoms with van der Waals surface area (Å²) in [6.07, 6.45) is 4.08. The number of halogens is 1. The molecule has 2 heterocycles. The van der Waals surface area contributed by atoms with E-state index in [1.807, 2.05) is 24.3 Å². The molecule has 1 aliphatic heterocycles. The number of aromatic nitrogens is 4. The fourth-order valence-corrected chi connectivity index (χ4v) is 2.25. The van der Waals surface area contributed by atoms with E-state index in [9.17, 15) is 0 Å². The molecule has 6 nitrogen and oxygen atoms in total. The molecule has 108 valence electrons. The first kappa shape index (κ1) is 14.7. The SMILES string of the molecule is CN1CCC(Oc2ccc(-n3cnnn3)cc2)CC1.Cl. The number of ether oxygens (including phenoxy) is 1. The van der Waals surface area contributed by atoms with Crippen molar-refractivity contribution in [1.82, 2.24) is 25.1 Å². The van der Waals surface area contributed by atoms with Gasteiger partial charge >= 0.3 is 0 Å². The van der Waals surface area contributed by atoms with Gasteiger partial charge in [-0.1, -0.05) is 0 Å². The minimum absolute atomic E-state index is 0. The maximum Gasteiger partial charge on any atom is 0.143 e. The molecule has 1 aromatic heterocycles. The topological polar surface area (TPSA) is 56.1 Å². The first-order valence-electron chi connectivity index (χ1n) is 6.50. The molecule has 0 radical (unpaired) electrons. The summed E-state index contributed by atoms with van der Waals surface area (Å²) in [5.74, 6) is 0.909. The van der Waals surface area contributed by atoms with Crippen LogP contribution < -0.4 is 4.74 Å². The molecule has 20 heavy (non-hydrogen) atoms. The van der Waals surface area contributed by atoms with E-state index in [2.05, 4.69) is 27.5 Å². The van der Waals surface area contributed by atoms with Crippen LogP contribution in [0.1, 0.15) is 12.8 Å². The van der Waals surface area contributed by atoms with Gasteiger partial charge in [0, 0.05) is 13.1 Å². The van der Waals surface area contributed by atoms with Gasteiger partial charge < -0.3 is 9.64 Å². The molecule has 0 N–H and O–H groups in total. The average molecular weight is 296 g/mol. The second kappa shape index (κ2) is 6.67. The summed E-state index contributed by atoms with van der Waals surface area (Å²) in [7, 11) is 2.15. The average Bonchev–Trinajstić information content (AvgIpc) is 2.96. The van der Waals surface area contributed by atoms with E-state index in [-0.39, 0.29) is 12.4 Å². The van der Waals surface area contributed by atoms with Gasteiger partial charge in [-0.2, -0.15) is 0 Å². The zero-order chi connectivity index (χ0) is 13.1. The van der Waals surface area contributed by atoms with Crippen molar-refractivity contribution in [2.75, 3.05) is 20.1 Å². The zero-order valence-corrected chi connectivity index (χ0v) is 12.2. The lowest BCUT2D eigenvalue weighted by atomic mass is 10.1. The van der Waals surface area contributed by atoms with Crippen molar-refractivity contribution < 1.29 is 4.74 Å². The Morgan fingerprint density at radius 3 is 2.45 bits per heavy atom. The van der Waals surface area contributed by atoms with Gasteiger partial charge in [-0.15, -0.1) is 17.5 Å². The van der Waals surface area contributed by atoms with E-state index < -0.39 is 0 Å². The van der Waals surface area contributed by atoms with Crippen molar-refractivity contribution in [3.63, 3.8) is 0 Å². The van der Waals surface area contributed by atoms with E-state index in [1.54, 1.807) is 11.0 Å². The Labute approximate surface area is 124 Å². The number of benzene rings is 1. The first-order chi connectivity index (χ1) is 9.31. The van der Waals surface area contributed by atoms with Crippen LogP contribution in [0.4, 0.5) is 0 Å². The molecule has 1 saturated heterocycles. The van der Waals surface area contributed by atoms with Gasteiger partial charge in [-0.05, 0) is 54.6 Å². The van der Waals surface area contributed by atoms with Crippen molar-refractivity contribution in [2.45, 2.75) is 18.9 Å². The summed E-state index contributed by atoms with van der Waals surface area (Å²) in [6, 6.07) is 7.85. The third kappa shape index (κ3) is 3.46. The van der Waals surface area contributed by atoms with Crippen LogP contribution in [-0.4, -0.2) is 51.3 Å². The van der Waals surface area contributed by atoms with Gasteiger partial charge in [0.15, 0.2) is 0 Å². The molecule has 0 bridgehead atoms. The minimum atomic E-state index is 0. The largest absolute Gasteiger partial charge is 0.490 e. The van der Waals surface area contributed by atoms with Gasteiger partial charge in [0.1, 0.15) is 18.2 Å². The lowest BCUT2D eigenvalue weighted by Gasteiger charge is -2.29. The van der Waals surface area contributed by atoms with Crippen LogP contribution in [-0.2, 0) is 0 Å². The van der Waals surface area contributed by atoms with Crippen LogP contribution in [0.2, 0.25) is 0 Å². The molecule has 2 aromatic rings. The molecule has 1 aromatic carbocycles. The highest BCUT2D eigenvalue weighted by molar-refractivity contribution is 5.85. The minimum Gasteiger partial charge on any atom is -0.490 e. The molecule has 3 rings (SSSR count). The van der Waals surface area contributed by atoms with Gasteiger partial charge in [0.25, 0.3) is 0 Å². The summed E-state index contributed by atoms with van der Waals surface area (Å²) in [5, 5.41) is 11.1. The van der Waals surface area contributed by atoms with Crippen LogP contribution in [0.15, 0.2) is 30.6 Å². The van der Waals surface area contributed by atoms with Crippen molar-refractivity contribution >= 4 is 12.4 Å². The maximum absolute atomic E-state index is 5.99. The molecular weight excluding hydrogens is 278 g/mol. The van der Waals surface area contributed by atoms with Crippen molar-refractivity contribution in [3.05, 3.63) is 30.6 Å². The van der Waals surface area contributed by atoms with Crippen LogP contribution in [0, 0.1) is 0 Å². The molecule has 0 spiro atoms. The Bertz CT molecular complexity index is 508. The molecule has 0 aliphatic carbocycles. The maximum atomic E-state index is 5.99. The van der Waals surface area contributed by atoms with Crippen molar-refractivity contribution in [3.8, 4) is 11.4 Å². The monoisotopic (exact) mass is 295 g/mol. The zero-order valence-electron chi connectivity index (χ0n) is 11.3. The van der Waals surface area contributed by atoms with Gasteiger partial charge in [-0.25, -0.2) is 4.68 Å². The Morgan fingerprint density at radius 2 is 1.85 bits per heavy atom. The standard InChI is InChI=1S/C13H17N5O.ClH/c1-17-8-6-13(7-9-17)19-12-4-2-11(3-5-12)18-10-14-15-16-18;/h2-5,10,13H,6-9H2,1H3;1H. The van der Waals surface area contributed by atoms with E-state index in [0.717, 1.165) is 37.4 Å². The molecule has 0 amide bonds. The predicted molar refractivity (Wildman–Crippen MR) is 77.5 cm³/mol. The van der Waals surface area contributed by atoms with Crippen LogP contribution in [0.5, 0.6) is 5.75 Å². The van der Waals surface area contributed by atoms with E-state index in [1.165, 1.54) is 0 Å². The van der Waals surface area contributed by atoms with E-state index in [4.69, 9.17) is 4.74 Å². The fraction of sp³-hybridized carbons (Fsp3) is 0.462. The Kier molecular flexibility index (Phi) is 4.92. The summed E-state index contributed by atoms with van der Waals surface area (Å²) in [5.41, 5.74) is 0.931. The summed E-state index contributed by atoms with van der Waals surface area (Å²) in [6.45, 7) is 2.21. The molecule has 0 saturated carbocycles. The van der Waals surface area contributed by atoms with Crippen LogP contribution in [0.25, 0.3) is 5.69 Å². The highest BCUT2D eigenvalue weighted by atomic mass is 35.5. The number of tetrazole rings is 1. The highest BCUT2D eigenvalue weighted by Gasteiger charge is 2.17. The highest BCUT2D eigenvalue weighted by Crippen LogP contribution is 2.19. The molecular formula is C13H18ClN5O. The second-order valence-corrected chi connectivity index (χ2v) is 4.87.